The summed E-state index contributed by atoms with van der Waals surface area (Å²) < 4.78 is 4.97. The molecule has 0 aliphatic heterocycles. The SMILES string of the molecule is CC(C)n1c(SCc2cc(=O)n3ccsc3n2)nnc1-c1csc2ccccc12. The topological polar surface area (TPSA) is 65.1 Å². The molecule has 5 rings (SSSR count). The molecule has 146 valence electrons. The summed E-state index contributed by atoms with van der Waals surface area (Å²) in [6.07, 6.45) is 1.75. The standard InChI is InChI=1S/C20H17N5OS3/c1-12(2)25-18(15-11-28-16-6-4-3-5-14(15)16)22-23-20(25)29-10-13-9-17(26)24-7-8-27-19(24)21-13/h3-9,11-12H,10H2,1-2H3. The summed E-state index contributed by atoms with van der Waals surface area (Å²) in [6, 6.07) is 10.2. The number of aromatic nitrogens is 5. The summed E-state index contributed by atoms with van der Waals surface area (Å²) in [5, 5.41) is 15.0. The number of thiophene rings is 1. The van der Waals surface area contributed by atoms with E-state index < -0.39 is 0 Å². The molecule has 0 spiro atoms. The van der Waals surface area contributed by atoms with Crippen LogP contribution >= 0.6 is 34.4 Å². The first-order valence-corrected chi connectivity index (χ1v) is 11.9. The van der Waals surface area contributed by atoms with Gasteiger partial charge >= 0.3 is 0 Å². The summed E-state index contributed by atoms with van der Waals surface area (Å²) in [7, 11) is 0. The van der Waals surface area contributed by atoms with Gasteiger partial charge in [0.25, 0.3) is 5.56 Å². The van der Waals surface area contributed by atoms with Crippen LogP contribution < -0.4 is 5.56 Å². The second-order valence-electron chi connectivity index (χ2n) is 6.85. The van der Waals surface area contributed by atoms with Gasteiger partial charge in [-0.15, -0.1) is 32.9 Å². The van der Waals surface area contributed by atoms with E-state index in [2.05, 4.69) is 63.2 Å². The number of hydrogen-bond acceptors (Lipinski definition) is 7. The highest BCUT2D eigenvalue weighted by Crippen LogP contribution is 2.36. The summed E-state index contributed by atoms with van der Waals surface area (Å²) in [5.74, 6) is 1.44. The van der Waals surface area contributed by atoms with Crippen LogP contribution in [0.1, 0.15) is 25.6 Å². The Balaban J connectivity index is 1.50. The fourth-order valence-electron chi connectivity index (χ4n) is 3.28. The van der Waals surface area contributed by atoms with Gasteiger partial charge in [0, 0.05) is 50.5 Å². The third kappa shape index (κ3) is 3.29. The van der Waals surface area contributed by atoms with Crippen LogP contribution in [0, 0.1) is 0 Å². The number of thioether (sulfide) groups is 1. The lowest BCUT2D eigenvalue weighted by Crippen LogP contribution is -2.12. The zero-order valence-corrected chi connectivity index (χ0v) is 18.2. The first kappa shape index (κ1) is 18.5. The molecule has 0 atom stereocenters. The maximum absolute atomic E-state index is 12.2. The molecule has 9 heteroatoms. The molecular weight excluding hydrogens is 422 g/mol. The van der Waals surface area contributed by atoms with E-state index in [4.69, 9.17) is 0 Å². The Labute approximate surface area is 178 Å². The van der Waals surface area contributed by atoms with Crippen molar-refractivity contribution in [2.45, 2.75) is 30.8 Å². The maximum atomic E-state index is 12.2. The molecule has 5 aromatic rings. The predicted molar refractivity (Wildman–Crippen MR) is 120 cm³/mol. The van der Waals surface area contributed by atoms with Crippen LogP contribution in [0.2, 0.25) is 0 Å². The molecular formula is C20H17N5OS3. The molecule has 29 heavy (non-hydrogen) atoms. The van der Waals surface area contributed by atoms with Crippen molar-refractivity contribution in [3.63, 3.8) is 0 Å². The van der Waals surface area contributed by atoms with Crippen molar-refractivity contribution in [3.05, 3.63) is 63.3 Å². The molecule has 1 aromatic carbocycles. The zero-order chi connectivity index (χ0) is 20.0. The Kier molecular flexibility index (Phi) is 4.73. The fourth-order valence-corrected chi connectivity index (χ4v) is 5.91. The fraction of sp³-hybridized carbons (Fsp3) is 0.200. The summed E-state index contributed by atoms with van der Waals surface area (Å²) in [5.41, 5.74) is 1.81. The molecule has 0 unspecified atom stereocenters. The van der Waals surface area contributed by atoms with E-state index >= 15 is 0 Å². The van der Waals surface area contributed by atoms with E-state index in [1.165, 1.54) is 21.4 Å². The van der Waals surface area contributed by atoms with Crippen molar-refractivity contribution in [1.29, 1.82) is 0 Å². The van der Waals surface area contributed by atoms with Crippen LogP contribution in [-0.4, -0.2) is 24.1 Å². The van der Waals surface area contributed by atoms with E-state index in [1.807, 2.05) is 5.38 Å². The third-order valence-electron chi connectivity index (χ3n) is 4.61. The molecule has 0 aliphatic carbocycles. The Morgan fingerprint density at radius 1 is 1.17 bits per heavy atom. The number of fused-ring (bicyclic) bond motifs is 2. The molecule has 0 fully saturated rings. The van der Waals surface area contributed by atoms with Gasteiger partial charge in [-0.2, -0.15) is 0 Å². The van der Waals surface area contributed by atoms with Crippen LogP contribution in [0.5, 0.6) is 0 Å². The number of hydrogen-bond donors (Lipinski definition) is 0. The summed E-state index contributed by atoms with van der Waals surface area (Å²) >= 11 is 4.74. The normalized spacial score (nSPS) is 11.8. The first-order valence-electron chi connectivity index (χ1n) is 9.12. The van der Waals surface area contributed by atoms with E-state index in [0.717, 1.165) is 22.2 Å². The lowest BCUT2D eigenvalue weighted by Gasteiger charge is -2.13. The van der Waals surface area contributed by atoms with Crippen molar-refractivity contribution in [3.8, 4) is 11.4 Å². The second kappa shape index (κ2) is 7.40. The van der Waals surface area contributed by atoms with Crippen molar-refractivity contribution < 1.29 is 0 Å². The van der Waals surface area contributed by atoms with Gasteiger partial charge in [0.1, 0.15) is 0 Å². The highest BCUT2D eigenvalue weighted by molar-refractivity contribution is 7.98. The predicted octanol–water partition coefficient (Wildman–Crippen LogP) is 5.10. The first-order chi connectivity index (χ1) is 14.1. The van der Waals surface area contributed by atoms with Gasteiger partial charge in [-0.3, -0.25) is 13.8 Å². The smallest absolute Gasteiger partial charge is 0.258 e. The number of rotatable bonds is 5. The highest BCUT2D eigenvalue weighted by Gasteiger charge is 2.19. The lowest BCUT2D eigenvalue weighted by atomic mass is 10.1. The maximum Gasteiger partial charge on any atom is 0.258 e. The minimum atomic E-state index is -0.0531. The van der Waals surface area contributed by atoms with Gasteiger partial charge in [0.05, 0.1) is 5.69 Å². The second-order valence-corrected chi connectivity index (χ2v) is 9.57. The van der Waals surface area contributed by atoms with Crippen molar-refractivity contribution in [2.24, 2.45) is 0 Å². The number of nitrogens with zero attached hydrogens (tertiary/aromatic N) is 5. The molecule has 0 saturated carbocycles. The Morgan fingerprint density at radius 3 is 2.90 bits per heavy atom. The van der Waals surface area contributed by atoms with Crippen molar-refractivity contribution >= 4 is 49.5 Å². The lowest BCUT2D eigenvalue weighted by molar-refractivity contribution is 0.555. The van der Waals surface area contributed by atoms with E-state index in [0.29, 0.717) is 10.7 Å². The van der Waals surface area contributed by atoms with Crippen LogP contribution in [0.3, 0.4) is 0 Å². The molecule has 0 radical (unpaired) electrons. The molecule has 0 N–H and O–H groups in total. The molecule has 0 saturated heterocycles. The molecule has 0 amide bonds. The Morgan fingerprint density at radius 2 is 2.03 bits per heavy atom. The van der Waals surface area contributed by atoms with Gasteiger partial charge in [0.2, 0.25) is 0 Å². The van der Waals surface area contributed by atoms with E-state index in [-0.39, 0.29) is 11.6 Å². The van der Waals surface area contributed by atoms with Gasteiger partial charge in [-0.1, -0.05) is 30.0 Å². The Hall–Kier alpha value is -2.49. The summed E-state index contributed by atoms with van der Waals surface area (Å²) in [4.78, 5) is 17.5. The molecule has 0 aliphatic rings. The number of benzene rings is 1. The average molecular weight is 440 g/mol. The quantitative estimate of drug-likeness (QED) is 0.356. The Bertz CT molecular complexity index is 1380. The monoisotopic (exact) mass is 439 g/mol. The molecule has 0 bridgehead atoms. The molecule has 4 aromatic heterocycles. The van der Waals surface area contributed by atoms with Crippen molar-refractivity contribution in [1.82, 2.24) is 24.1 Å². The van der Waals surface area contributed by atoms with Crippen molar-refractivity contribution in [2.75, 3.05) is 0 Å². The van der Waals surface area contributed by atoms with Gasteiger partial charge in [-0.25, -0.2) is 4.98 Å². The van der Waals surface area contributed by atoms with E-state index in [1.54, 1.807) is 39.8 Å². The largest absolute Gasteiger partial charge is 0.299 e. The minimum Gasteiger partial charge on any atom is -0.299 e. The van der Waals surface area contributed by atoms with Crippen LogP contribution in [0.4, 0.5) is 0 Å². The van der Waals surface area contributed by atoms with E-state index in [9.17, 15) is 4.79 Å². The van der Waals surface area contributed by atoms with Crippen LogP contribution in [0.25, 0.3) is 26.4 Å². The summed E-state index contributed by atoms with van der Waals surface area (Å²) in [6.45, 7) is 4.27. The van der Waals surface area contributed by atoms with Crippen LogP contribution in [-0.2, 0) is 5.75 Å². The van der Waals surface area contributed by atoms with Gasteiger partial charge in [-0.05, 0) is 19.9 Å². The average Bonchev–Trinajstić information content (AvgIpc) is 3.43. The third-order valence-corrected chi connectivity index (χ3v) is 7.30. The molecule has 6 nitrogen and oxygen atoms in total. The van der Waals surface area contributed by atoms with Crippen LogP contribution in [0.15, 0.2) is 57.2 Å². The highest BCUT2D eigenvalue weighted by atomic mass is 32.2. The minimum absolute atomic E-state index is 0.0531. The zero-order valence-electron chi connectivity index (χ0n) is 15.8. The molecule has 4 heterocycles. The van der Waals surface area contributed by atoms with Gasteiger partial charge < -0.3 is 0 Å². The number of thiazole rings is 1. The van der Waals surface area contributed by atoms with Gasteiger partial charge in [0.15, 0.2) is 15.9 Å².